The van der Waals surface area contributed by atoms with Crippen molar-refractivity contribution in [2.45, 2.75) is 31.0 Å². The maximum absolute atomic E-state index is 10.9. The first-order chi connectivity index (χ1) is 6.97. The third-order valence-electron chi connectivity index (χ3n) is 1.29. The normalized spacial score (nSPS) is 10.1. The van der Waals surface area contributed by atoms with E-state index in [2.05, 4.69) is 9.97 Å². The summed E-state index contributed by atoms with van der Waals surface area (Å²) in [5.74, 6) is 0. The van der Waals surface area contributed by atoms with E-state index in [-0.39, 0.29) is 10.2 Å². The lowest BCUT2D eigenvalue weighted by molar-refractivity contribution is -0.109. The highest BCUT2D eigenvalue weighted by Gasteiger charge is 2.07. The lowest BCUT2D eigenvalue weighted by atomic mass is 10.5. The molecule has 0 aliphatic rings. The van der Waals surface area contributed by atoms with E-state index >= 15 is 0 Å². The number of carbonyl (C=O) groups is 2. The molecule has 1 heterocycles. The minimum atomic E-state index is -0.0700. The van der Waals surface area contributed by atoms with Gasteiger partial charge in [-0.2, -0.15) is 0 Å². The zero-order chi connectivity index (χ0) is 11.4. The number of aromatic nitrogens is 2. The van der Waals surface area contributed by atoms with E-state index in [1.807, 2.05) is 0 Å². The van der Waals surface area contributed by atoms with Crippen LogP contribution in [0.2, 0.25) is 0 Å². The summed E-state index contributed by atoms with van der Waals surface area (Å²) < 4.78 is 0. The molecule has 0 atom stereocenters. The van der Waals surface area contributed by atoms with Gasteiger partial charge in [0.25, 0.3) is 0 Å². The fourth-order valence-corrected chi connectivity index (χ4v) is 2.19. The maximum Gasteiger partial charge on any atom is 0.196 e. The van der Waals surface area contributed by atoms with Crippen LogP contribution in [0.5, 0.6) is 0 Å². The molecular formula is C9H10N2O2S2. The molecule has 0 saturated carbocycles. The Labute approximate surface area is 96.3 Å². The van der Waals surface area contributed by atoms with Crippen LogP contribution >= 0.6 is 23.5 Å². The first-order valence-electron chi connectivity index (χ1n) is 4.20. The van der Waals surface area contributed by atoms with E-state index in [4.69, 9.17) is 0 Å². The van der Waals surface area contributed by atoms with Crippen LogP contribution in [0.4, 0.5) is 0 Å². The molecule has 1 aromatic heterocycles. The van der Waals surface area contributed by atoms with Gasteiger partial charge in [-0.05, 0) is 36.5 Å². The summed E-state index contributed by atoms with van der Waals surface area (Å²) >= 11 is 2.01. The Balaban J connectivity index is 2.94. The quantitative estimate of drug-likeness (QED) is 0.449. The second-order valence-corrected chi connectivity index (χ2v) is 5.16. The molecule has 80 valence electrons. The average Bonchev–Trinajstić information content (AvgIpc) is 1.98. The molecule has 0 unspecified atom stereocenters. The first-order valence-corrected chi connectivity index (χ1v) is 5.83. The summed E-state index contributed by atoms with van der Waals surface area (Å²) in [5.41, 5.74) is 0.748. The third-order valence-corrected chi connectivity index (χ3v) is 2.65. The van der Waals surface area contributed by atoms with Crippen molar-refractivity contribution in [2.75, 3.05) is 0 Å². The molecular weight excluding hydrogens is 232 g/mol. The molecule has 0 radical (unpaired) electrons. The number of thioether (sulfide) groups is 2. The summed E-state index contributed by atoms with van der Waals surface area (Å²) in [4.78, 5) is 29.9. The fourth-order valence-electron chi connectivity index (χ4n) is 0.887. The minimum Gasteiger partial charge on any atom is -0.287 e. The van der Waals surface area contributed by atoms with Crippen LogP contribution in [0.15, 0.2) is 16.2 Å². The van der Waals surface area contributed by atoms with Gasteiger partial charge in [-0.25, -0.2) is 9.97 Å². The number of rotatable bonds is 2. The molecule has 0 saturated heterocycles. The molecule has 0 aliphatic heterocycles. The van der Waals surface area contributed by atoms with Crippen molar-refractivity contribution in [1.29, 1.82) is 0 Å². The van der Waals surface area contributed by atoms with E-state index < -0.39 is 0 Å². The van der Waals surface area contributed by atoms with Crippen LogP contribution < -0.4 is 0 Å². The van der Waals surface area contributed by atoms with E-state index in [1.165, 1.54) is 13.8 Å². The van der Waals surface area contributed by atoms with Crippen LogP contribution in [0.25, 0.3) is 0 Å². The van der Waals surface area contributed by atoms with Gasteiger partial charge in [0.1, 0.15) is 5.03 Å². The van der Waals surface area contributed by atoms with Crippen LogP contribution in [0, 0.1) is 6.92 Å². The van der Waals surface area contributed by atoms with Crippen molar-refractivity contribution in [3.05, 3.63) is 11.8 Å². The molecule has 0 amide bonds. The molecule has 0 aromatic carbocycles. The minimum absolute atomic E-state index is 0.0353. The predicted octanol–water partition coefficient (Wildman–Crippen LogP) is 2.06. The highest BCUT2D eigenvalue weighted by molar-refractivity contribution is 8.14. The smallest absolute Gasteiger partial charge is 0.196 e. The Hall–Kier alpha value is -0.880. The van der Waals surface area contributed by atoms with E-state index in [0.29, 0.717) is 10.2 Å². The summed E-state index contributed by atoms with van der Waals surface area (Å²) in [6, 6.07) is 1.72. The largest absolute Gasteiger partial charge is 0.287 e. The van der Waals surface area contributed by atoms with Crippen molar-refractivity contribution in [1.82, 2.24) is 9.97 Å². The van der Waals surface area contributed by atoms with Gasteiger partial charge in [-0.3, -0.25) is 9.59 Å². The van der Waals surface area contributed by atoms with Crippen LogP contribution in [-0.2, 0) is 9.59 Å². The number of aryl methyl sites for hydroxylation is 1. The maximum atomic E-state index is 10.9. The Morgan fingerprint density at radius 2 is 1.73 bits per heavy atom. The molecule has 1 aromatic rings. The molecule has 4 nitrogen and oxygen atoms in total. The second-order valence-electron chi connectivity index (χ2n) is 2.82. The first kappa shape index (κ1) is 12.2. The molecule has 0 bridgehead atoms. The lowest BCUT2D eigenvalue weighted by Crippen LogP contribution is -1.95. The van der Waals surface area contributed by atoms with Gasteiger partial charge in [-0.1, -0.05) is 0 Å². The summed E-state index contributed by atoms with van der Waals surface area (Å²) in [5, 5.41) is 0.872. The zero-order valence-corrected chi connectivity index (χ0v) is 10.2. The fraction of sp³-hybridized carbons (Fsp3) is 0.333. The standard InChI is InChI=1S/C9H10N2O2S2/c1-5-4-8(14-6(2)12)11-9(10-5)15-7(3)13/h4H,1-3H3. The Morgan fingerprint density at radius 3 is 2.27 bits per heavy atom. The molecule has 0 aliphatic carbocycles. The molecule has 0 fully saturated rings. The molecule has 0 N–H and O–H groups in total. The van der Waals surface area contributed by atoms with Gasteiger partial charge in [-0.15, -0.1) is 0 Å². The highest BCUT2D eigenvalue weighted by Crippen LogP contribution is 2.21. The van der Waals surface area contributed by atoms with E-state index in [0.717, 1.165) is 29.2 Å². The van der Waals surface area contributed by atoms with Gasteiger partial charge in [0.05, 0.1) is 0 Å². The zero-order valence-electron chi connectivity index (χ0n) is 8.60. The summed E-state index contributed by atoms with van der Waals surface area (Å²) in [6.45, 7) is 4.73. The van der Waals surface area contributed by atoms with Gasteiger partial charge in [0.15, 0.2) is 15.4 Å². The number of hydrogen-bond acceptors (Lipinski definition) is 6. The number of carbonyl (C=O) groups excluding carboxylic acids is 2. The Morgan fingerprint density at radius 1 is 1.13 bits per heavy atom. The Kier molecular flexibility index (Phi) is 4.28. The number of nitrogens with zero attached hydrogens (tertiary/aromatic N) is 2. The lowest BCUT2D eigenvalue weighted by Gasteiger charge is -2.01. The topological polar surface area (TPSA) is 59.9 Å². The molecule has 1 rings (SSSR count). The molecule has 0 spiro atoms. The second kappa shape index (κ2) is 5.27. The van der Waals surface area contributed by atoms with Gasteiger partial charge >= 0.3 is 0 Å². The SMILES string of the molecule is CC(=O)Sc1cc(C)nc(SC(C)=O)n1. The van der Waals surface area contributed by atoms with Crippen molar-refractivity contribution in [3.63, 3.8) is 0 Å². The van der Waals surface area contributed by atoms with Crippen molar-refractivity contribution >= 4 is 33.8 Å². The Bertz CT molecular complexity index is 373. The van der Waals surface area contributed by atoms with E-state index in [9.17, 15) is 9.59 Å². The van der Waals surface area contributed by atoms with Crippen LogP contribution in [0.1, 0.15) is 19.5 Å². The monoisotopic (exact) mass is 242 g/mol. The van der Waals surface area contributed by atoms with Gasteiger partial charge in [0.2, 0.25) is 0 Å². The number of hydrogen-bond donors (Lipinski definition) is 0. The van der Waals surface area contributed by atoms with Crippen molar-refractivity contribution in [2.24, 2.45) is 0 Å². The van der Waals surface area contributed by atoms with Crippen molar-refractivity contribution < 1.29 is 9.59 Å². The van der Waals surface area contributed by atoms with E-state index in [1.54, 1.807) is 13.0 Å². The molecule has 6 heteroatoms. The average molecular weight is 242 g/mol. The summed E-state index contributed by atoms with van der Waals surface area (Å²) in [6.07, 6.45) is 0. The third kappa shape index (κ3) is 4.44. The van der Waals surface area contributed by atoms with Crippen LogP contribution in [-0.4, -0.2) is 20.2 Å². The highest BCUT2D eigenvalue weighted by atomic mass is 32.2. The predicted molar refractivity (Wildman–Crippen MR) is 59.8 cm³/mol. The van der Waals surface area contributed by atoms with Crippen LogP contribution in [0.3, 0.4) is 0 Å². The molecule has 15 heavy (non-hydrogen) atoms. The van der Waals surface area contributed by atoms with Gasteiger partial charge < -0.3 is 0 Å². The van der Waals surface area contributed by atoms with Gasteiger partial charge in [0, 0.05) is 19.5 Å². The summed E-state index contributed by atoms with van der Waals surface area (Å²) in [7, 11) is 0. The van der Waals surface area contributed by atoms with Crippen molar-refractivity contribution in [3.8, 4) is 0 Å².